The predicted molar refractivity (Wildman–Crippen MR) is 141 cm³/mol. The molecule has 0 saturated heterocycles. The molecule has 2 aliphatic rings. The summed E-state index contributed by atoms with van der Waals surface area (Å²) in [6.45, 7) is 7.80. The highest BCUT2D eigenvalue weighted by atomic mass is 16.6. The van der Waals surface area contributed by atoms with Crippen LogP contribution in [0.1, 0.15) is 70.0 Å². The largest absolute Gasteiger partial charge is 0.460 e. The number of aromatic amines is 1. The second-order valence-electron chi connectivity index (χ2n) is 11.1. The number of nitrogens with zero attached hydrogens (tertiary/aromatic N) is 4. The summed E-state index contributed by atoms with van der Waals surface area (Å²) in [6, 6.07) is 10.4. The highest BCUT2D eigenvalue weighted by Crippen LogP contribution is 2.37. The van der Waals surface area contributed by atoms with E-state index in [9.17, 15) is 14.9 Å². The van der Waals surface area contributed by atoms with Crippen molar-refractivity contribution in [2.75, 3.05) is 11.9 Å². The zero-order valence-corrected chi connectivity index (χ0v) is 21.7. The van der Waals surface area contributed by atoms with Gasteiger partial charge in [0.15, 0.2) is 5.82 Å². The summed E-state index contributed by atoms with van der Waals surface area (Å²) in [5.74, 6) is 0.199. The van der Waals surface area contributed by atoms with Gasteiger partial charge in [0.05, 0.1) is 30.0 Å². The highest BCUT2D eigenvalue weighted by molar-refractivity contribution is 5.91. The number of hydrogen-bond donors (Lipinski definition) is 2. The zero-order valence-electron chi connectivity index (χ0n) is 21.7. The van der Waals surface area contributed by atoms with Gasteiger partial charge < -0.3 is 15.0 Å². The Morgan fingerprint density at radius 3 is 2.78 bits per heavy atom. The molecule has 0 radical (unpaired) electrons. The molecule has 37 heavy (non-hydrogen) atoms. The van der Waals surface area contributed by atoms with Crippen LogP contribution >= 0.6 is 0 Å². The van der Waals surface area contributed by atoms with E-state index in [0.29, 0.717) is 24.2 Å². The Morgan fingerprint density at radius 2 is 2.00 bits per heavy atom. The predicted octanol–water partition coefficient (Wildman–Crippen LogP) is 4.77. The van der Waals surface area contributed by atoms with Crippen molar-refractivity contribution in [3.63, 3.8) is 0 Å². The van der Waals surface area contributed by atoms with Crippen LogP contribution in [0, 0.1) is 17.2 Å². The van der Waals surface area contributed by atoms with Gasteiger partial charge in [-0.15, -0.1) is 0 Å². The van der Waals surface area contributed by atoms with Gasteiger partial charge in [0.25, 0.3) is 5.56 Å². The van der Waals surface area contributed by atoms with Crippen LogP contribution in [-0.2, 0) is 22.6 Å². The smallest absolute Gasteiger partial charge is 0.307 e. The van der Waals surface area contributed by atoms with Crippen molar-refractivity contribution in [3.05, 3.63) is 51.9 Å². The van der Waals surface area contributed by atoms with Crippen LogP contribution in [0.15, 0.2) is 35.3 Å². The second-order valence-corrected chi connectivity index (χ2v) is 11.1. The lowest BCUT2D eigenvalue weighted by Gasteiger charge is -2.27. The molecule has 1 saturated carbocycles. The first-order valence-corrected chi connectivity index (χ1v) is 13.0. The van der Waals surface area contributed by atoms with Gasteiger partial charge in [-0.25, -0.2) is 0 Å². The first-order valence-electron chi connectivity index (χ1n) is 13.0. The minimum absolute atomic E-state index is 0.0443. The van der Waals surface area contributed by atoms with Gasteiger partial charge >= 0.3 is 5.97 Å². The number of hydrogen-bond acceptors (Lipinski definition) is 7. The number of nitriles is 1. The lowest BCUT2D eigenvalue weighted by atomic mass is 9.85. The molecule has 0 amide bonds. The van der Waals surface area contributed by atoms with Crippen LogP contribution in [0.2, 0.25) is 0 Å². The molecular formula is C28H34N6O3. The molecule has 1 aromatic carbocycles. The number of pyridine rings is 1. The molecule has 0 bridgehead atoms. The van der Waals surface area contributed by atoms with E-state index >= 15 is 0 Å². The van der Waals surface area contributed by atoms with Crippen molar-refractivity contribution in [3.8, 4) is 6.07 Å². The van der Waals surface area contributed by atoms with Crippen LogP contribution in [0.25, 0.3) is 10.9 Å². The van der Waals surface area contributed by atoms with Crippen LogP contribution in [0.4, 0.5) is 11.5 Å². The number of carbonyl (C=O) groups excluding carboxylic acids is 1. The summed E-state index contributed by atoms with van der Waals surface area (Å²) in [7, 11) is 0. The molecule has 3 heterocycles. The molecule has 1 fully saturated rings. The van der Waals surface area contributed by atoms with E-state index in [4.69, 9.17) is 9.84 Å². The van der Waals surface area contributed by atoms with Crippen LogP contribution in [-0.4, -0.2) is 37.8 Å². The van der Waals surface area contributed by atoms with E-state index < -0.39 is 5.60 Å². The van der Waals surface area contributed by atoms with Gasteiger partial charge in [-0.05, 0) is 62.9 Å². The third-order valence-electron chi connectivity index (χ3n) is 7.15. The third kappa shape index (κ3) is 5.39. The number of esters is 1. The fraction of sp³-hybridized carbons (Fsp3) is 0.500. The van der Waals surface area contributed by atoms with Gasteiger partial charge in [0.2, 0.25) is 0 Å². The maximum Gasteiger partial charge on any atom is 0.307 e. The summed E-state index contributed by atoms with van der Waals surface area (Å²) >= 11 is 0. The lowest BCUT2D eigenvalue weighted by Crippen LogP contribution is -2.27. The Balaban J connectivity index is 1.34. The van der Waals surface area contributed by atoms with E-state index in [2.05, 4.69) is 33.4 Å². The molecule has 2 N–H and O–H groups in total. The molecule has 9 heteroatoms. The molecule has 1 aliphatic carbocycles. The Bertz CT molecular complexity index is 1410. The molecule has 0 spiro atoms. The zero-order chi connectivity index (χ0) is 26.2. The van der Waals surface area contributed by atoms with Crippen LogP contribution < -0.4 is 10.9 Å². The average molecular weight is 503 g/mol. The van der Waals surface area contributed by atoms with E-state index in [1.807, 2.05) is 37.6 Å². The minimum atomic E-state index is -0.475. The number of nitrogens with one attached hydrogen (secondary N) is 2. The summed E-state index contributed by atoms with van der Waals surface area (Å²) < 4.78 is 7.31. The molecule has 2 aromatic heterocycles. The number of ether oxygens (including phenoxy) is 1. The van der Waals surface area contributed by atoms with Crippen molar-refractivity contribution < 1.29 is 9.53 Å². The molecule has 9 nitrogen and oxygen atoms in total. The van der Waals surface area contributed by atoms with Crippen LogP contribution in [0.5, 0.6) is 0 Å². The molecule has 1 aliphatic heterocycles. The number of benzene rings is 1. The summed E-state index contributed by atoms with van der Waals surface area (Å²) in [6.07, 6.45) is 5.81. The third-order valence-corrected chi connectivity index (χ3v) is 7.15. The van der Waals surface area contributed by atoms with E-state index in [1.54, 1.807) is 6.20 Å². The van der Waals surface area contributed by atoms with Gasteiger partial charge in [0, 0.05) is 31.5 Å². The first-order chi connectivity index (χ1) is 17.7. The van der Waals surface area contributed by atoms with Crippen LogP contribution in [0.3, 0.4) is 0 Å². The second kappa shape index (κ2) is 10.0. The molecule has 194 valence electrons. The van der Waals surface area contributed by atoms with E-state index in [1.165, 1.54) is 11.1 Å². The molecule has 1 unspecified atom stereocenters. The number of fused-ring (bicyclic) bond motifs is 2. The van der Waals surface area contributed by atoms with Gasteiger partial charge in [-0.2, -0.15) is 10.4 Å². The maximum absolute atomic E-state index is 12.8. The summed E-state index contributed by atoms with van der Waals surface area (Å²) in [4.78, 5) is 29.9. The number of anilines is 2. The monoisotopic (exact) mass is 502 g/mol. The van der Waals surface area contributed by atoms with E-state index in [0.717, 1.165) is 50.0 Å². The van der Waals surface area contributed by atoms with Gasteiger partial charge in [0.1, 0.15) is 11.0 Å². The lowest BCUT2D eigenvalue weighted by molar-refractivity contribution is -0.155. The van der Waals surface area contributed by atoms with Crippen molar-refractivity contribution >= 4 is 28.4 Å². The standard InChI is InChI=1S/C28H34N6O3/c1-28(2,3)37-24(35)11-13-33-16-19-8-9-21(14-20(19)17-33)31-26-25-23(10-12-30-27(25)36)34(32-26)22-7-5-4-6-18(22)15-29/h8-10,12,14,18,22H,4-7,11,13,16-17H2,1-3H3,(H,30,36)(H,31,32)/t18?,22-/m0/s1. The number of H-pyrrole nitrogens is 1. The van der Waals surface area contributed by atoms with Crippen molar-refractivity contribution in [2.45, 2.75) is 77.6 Å². The number of rotatable bonds is 6. The van der Waals surface area contributed by atoms with Crippen molar-refractivity contribution in [1.82, 2.24) is 19.7 Å². The Kier molecular flexibility index (Phi) is 6.78. The maximum atomic E-state index is 12.8. The quantitative estimate of drug-likeness (QED) is 0.466. The number of aromatic nitrogens is 3. The molecule has 2 atom stereocenters. The topological polar surface area (TPSA) is 116 Å². The molecular weight excluding hydrogens is 468 g/mol. The van der Waals surface area contributed by atoms with Crippen molar-refractivity contribution in [2.24, 2.45) is 5.92 Å². The Morgan fingerprint density at radius 1 is 1.22 bits per heavy atom. The molecule has 3 aromatic rings. The average Bonchev–Trinajstić information content (AvgIpc) is 3.43. The van der Waals surface area contributed by atoms with Crippen molar-refractivity contribution in [1.29, 1.82) is 5.26 Å². The SMILES string of the molecule is CC(C)(C)OC(=O)CCN1Cc2ccc(Nc3nn([C@H]4CCCCC4C#N)c4cc[nH]c(=O)c34)cc2C1. The first kappa shape index (κ1) is 25.0. The Labute approximate surface area is 216 Å². The minimum Gasteiger partial charge on any atom is -0.460 e. The normalized spacial score (nSPS) is 19.9. The highest BCUT2D eigenvalue weighted by Gasteiger charge is 2.30. The summed E-state index contributed by atoms with van der Waals surface area (Å²) in [5, 5.41) is 18.4. The fourth-order valence-electron chi connectivity index (χ4n) is 5.47. The number of carbonyl (C=O) groups is 1. The van der Waals surface area contributed by atoms with E-state index in [-0.39, 0.29) is 23.5 Å². The van der Waals surface area contributed by atoms with Gasteiger partial charge in [-0.1, -0.05) is 18.9 Å². The van der Waals surface area contributed by atoms with Gasteiger partial charge in [-0.3, -0.25) is 19.2 Å². The summed E-state index contributed by atoms with van der Waals surface area (Å²) in [5.41, 5.74) is 3.32. The fourth-order valence-corrected chi connectivity index (χ4v) is 5.47. The molecule has 5 rings (SSSR count). The Hall–Kier alpha value is -3.64.